The lowest BCUT2D eigenvalue weighted by Crippen LogP contribution is -2.30. The lowest BCUT2D eigenvalue weighted by atomic mass is 10.1. The van der Waals surface area contributed by atoms with Crippen LogP contribution in [0.2, 0.25) is 0 Å². The topological polar surface area (TPSA) is 83.5 Å². The first-order valence-corrected chi connectivity index (χ1v) is 9.89. The lowest BCUT2D eigenvalue weighted by Gasteiger charge is -2.23. The summed E-state index contributed by atoms with van der Waals surface area (Å²) in [6.07, 6.45) is 5.15. The number of pyridine rings is 1. The van der Waals surface area contributed by atoms with Crippen LogP contribution in [-0.2, 0) is 6.42 Å². The van der Waals surface area contributed by atoms with Crippen molar-refractivity contribution in [1.29, 1.82) is 5.26 Å². The Morgan fingerprint density at radius 1 is 1.16 bits per heavy atom. The molecule has 31 heavy (non-hydrogen) atoms. The smallest absolute Gasteiger partial charge is 0.282 e. The molecule has 0 saturated carbocycles. The van der Waals surface area contributed by atoms with E-state index in [1.807, 2.05) is 6.92 Å². The number of likely N-dealkylation sites (N-methyl/N-ethyl adjacent to an activating group) is 1. The molecule has 0 bridgehead atoms. The first-order chi connectivity index (χ1) is 14.9. The number of aryl methyl sites for hydroxylation is 1. The number of rotatable bonds is 3. The van der Waals surface area contributed by atoms with Crippen molar-refractivity contribution in [2.75, 3.05) is 20.1 Å². The second kappa shape index (κ2) is 7.03. The summed E-state index contributed by atoms with van der Waals surface area (Å²) in [7, 11) is 1.69. The lowest BCUT2D eigenvalue weighted by molar-refractivity contribution is -0.0200. The maximum Gasteiger partial charge on any atom is 0.282 e. The number of hydrogen-bond acceptors (Lipinski definition) is 6. The molecule has 0 aliphatic carbocycles. The van der Waals surface area contributed by atoms with Crippen LogP contribution < -0.4 is 0 Å². The van der Waals surface area contributed by atoms with Crippen molar-refractivity contribution < 1.29 is 8.78 Å². The molecule has 0 amide bonds. The Bertz CT molecular complexity index is 1340. The highest BCUT2D eigenvalue weighted by atomic mass is 19.3. The molecule has 1 atom stereocenters. The van der Waals surface area contributed by atoms with Crippen LogP contribution in [0.1, 0.15) is 28.8 Å². The predicted octanol–water partition coefficient (Wildman–Crippen LogP) is 3.27. The number of aromatic nitrogens is 5. The van der Waals surface area contributed by atoms with E-state index >= 15 is 8.78 Å². The van der Waals surface area contributed by atoms with Gasteiger partial charge in [-0.15, -0.1) is 0 Å². The summed E-state index contributed by atoms with van der Waals surface area (Å²) in [5.41, 5.74) is 3.58. The number of halogens is 2. The Labute approximate surface area is 177 Å². The van der Waals surface area contributed by atoms with Gasteiger partial charge in [0.25, 0.3) is 5.92 Å². The van der Waals surface area contributed by atoms with Gasteiger partial charge >= 0.3 is 0 Å². The van der Waals surface area contributed by atoms with Gasteiger partial charge in [0.1, 0.15) is 17.4 Å². The van der Waals surface area contributed by atoms with Gasteiger partial charge in [-0.25, -0.2) is 13.8 Å². The number of benzene rings is 1. The van der Waals surface area contributed by atoms with Crippen molar-refractivity contribution in [1.82, 2.24) is 29.4 Å². The van der Waals surface area contributed by atoms with Gasteiger partial charge in [-0.1, -0.05) is 0 Å². The number of hydrogen-bond donors (Lipinski definition) is 0. The molecule has 4 heterocycles. The van der Waals surface area contributed by atoms with Gasteiger partial charge in [0.2, 0.25) is 0 Å². The maximum atomic E-state index is 15.1. The summed E-state index contributed by atoms with van der Waals surface area (Å²) >= 11 is 0. The first-order valence-electron chi connectivity index (χ1n) is 9.89. The Kier molecular flexibility index (Phi) is 4.41. The van der Waals surface area contributed by atoms with Crippen molar-refractivity contribution in [2.24, 2.45) is 0 Å². The number of alkyl halides is 2. The summed E-state index contributed by atoms with van der Waals surface area (Å²) in [4.78, 5) is 19.4. The number of imidazole rings is 1. The second-order valence-electron chi connectivity index (χ2n) is 8.03. The number of fused-ring (bicyclic) bond motifs is 3. The highest BCUT2D eigenvalue weighted by Crippen LogP contribution is 2.40. The monoisotopic (exact) mass is 419 g/mol. The predicted molar refractivity (Wildman–Crippen MR) is 111 cm³/mol. The van der Waals surface area contributed by atoms with Gasteiger partial charge in [-0.05, 0) is 32.2 Å². The zero-order chi connectivity index (χ0) is 21.8. The molecular formula is C22H19F2N7. The molecule has 1 aromatic carbocycles. The molecule has 1 fully saturated rings. The van der Waals surface area contributed by atoms with Crippen LogP contribution in [0.4, 0.5) is 8.78 Å². The minimum absolute atomic E-state index is 0.187. The molecule has 4 aromatic rings. The van der Waals surface area contributed by atoms with Crippen molar-refractivity contribution in [3.05, 3.63) is 59.6 Å². The van der Waals surface area contributed by atoms with Crippen molar-refractivity contribution in [3.8, 4) is 6.07 Å². The molecule has 1 unspecified atom stereocenters. The van der Waals surface area contributed by atoms with E-state index in [2.05, 4.69) is 26.0 Å². The van der Waals surface area contributed by atoms with Crippen LogP contribution in [0.15, 0.2) is 36.8 Å². The molecule has 1 aliphatic heterocycles. The average molecular weight is 419 g/mol. The number of likely N-dealkylation sites (tertiary alicyclic amines) is 1. The summed E-state index contributed by atoms with van der Waals surface area (Å²) in [5, 5.41) is 9.99. The van der Waals surface area contributed by atoms with Gasteiger partial charge in [0.05, 0.1) is 46.8 Å². The molecule has 1 aliphatic rings. The van der Waals surface area contributed by atoms with E-state index in [-0.39, 0.29) is 19.5 Å². The summed E-state index contributed by atoms with van der Waals surface area (Å²) in [6, 6.07) is 6.12. The average Bonchev–Trinajstić information content (AvgIpc) is 3.23. The van der Waals surface area contributed by atoms with Crippen LogP contribution in [0.3, 0.4) is 0 Å². The van der Waals surface area contributed by atoms with Gasteiger partial charge in [-0.3, -0.25) is 19.9 Å². The van der Waals surface area contributed by atoms with Crippen LogP contribution >= 0.6 is 0 Å². The molecule has 7 nitrogen and oxygen atoms in total. The van der Waals surface area contributed by atoms with Gasteiger partial charge in [0.15, 0.2) is 0 Å². The highest BCUT2D eigenvalue weighted by Gasteiger charge is 2.49. The fraction of sp³-hybridized carbons (Fsp3) is 0.318. The summed E-state index contributed by atoms with van der Waals surface area (Å²) in [5.74, 6) is -2.46. The molecule has 1 saturated heterocycles. The quantitative estimate of drug-likeness (QED) is 0.507. The Hall–Kier alpha value is -3.51. The van der Waals surface area contributed by atoms with E-state index in [0.717, 1.165) is 5.69 Å². The van der Waals surface area contributed by atoms with E-state index < -0.39 is 12.0 Å². The first kappa shape index (κ1) is 19.5. The second-order valence-corrected chi connectivity index (χ2v) is 8.03. The third kappa shape index (κ3) is 3.29. The van der Waals surface area contributed by atoms with Gasteiger partial charge < -0.3 is 4.57 Å². The number of nitriles is 1. The molecule has 0 radical (unpaired) electrons. The van der Waals surface area contributed by atoms with Crippen LogP contribution in [-0.4, -0.2) is 55.5 Å². The van der Waals surface area contributed by atoms with Crippen LogP contribution in [0.25, 0.3) is 21.9 Å². The normalized spacial score (nSPS) is 18.6. The third-order valence-electron chi connectivity index (χ3n) is 5.66. The fourth-order valence-corrected chi connectivity index (χ4v) is 4.26. The highest BCUT2D eigenvalue weighted by molar-refractivity contribution is 6.03. The van der Waals surface area contributed by atoms with Crippen LogP contribution in [0, 0.1) is 18.3 Å². The molecule has 5 rings (SSSR count). The van der Waals surface area contributed by atoms with Crippen molar-refractivity contribution in [2.45, 2.75) is 25.3 Å². The van der Waals surface area contributed by atoms with Crippen molar-refractivity contribution in [3.63, 3.8) is 0 Å². The third-order valence-corrected chi connectivity index (χ3v) is 5.66. The molecular weight excluding hydrogens is 400 g/mol. The SMILES string of the molecule is Cc1cnc(Cc2nc3cnc4ccc(C#N)cc4c3n2C2CN(C)CC2(F)F)cn1. The van der Waals surface area contributed by atoms with E-state index in [9.17, 15) is 5.26 Å². The molecule has 156 valence electrons. The molecule has 0 spiro atoms. The van der Waals surface area contributed by atoms with Crippen LogP contribution in [0.5, 0.6) is 0 Å². The van der Waals surface area contributed by atoms with Gasteiger partial charge in [0, 0.05) is 30.7 Å². The Morgan fingerprint density at radius 2 is 2.00 bits per heavy atom. The van der Waals surface area contributed by atoms with Gasteiger partial charge in [-0.2, -0.15) is 5.26 Å². The van der Waals surface area contributed by atoms with E-state index in [1.165, 1.54) is 0 Å². The van der Waals surface area contributed by atoms with E-state index in [4.69, 9.17) is 0 Å². The minimum Gasteiger partial charge on any atom is -0.316 e. The zero-order valence-electron chi connectivity index (χ0n) is 17.0. The molecule has 0 N–H and O–H groups in total. The molecule has 3 aromatic heterocycles. The van der Waals surface area contributed by atoms with E-state index in [0.29, 0.717) is 39.0 Å². The van der Waals surface area contributed by atoms with E-state index in [1.54, 1.807) is 53.3 Å². The standard InChI is InChI=1S/C22H19F2N7/c1-13-8-27-15(9-26-13)6-20-29-18-10-28-17-4-3-14(7-25)5-16(17)21(18)31(20)19-11-30(2)12-22(19,23)24/h3-5,8-10,19H,6,11-12H2,1-2H3. The largest absolute Gasteiger partial charge is 0.316 e. The maximum absolute atomic E-state index is 15.1. The fourth-order valence-electron chi connectivity index (χ4n) is 4.26. The summed E-state index contributed by atoms with van der Waals surface area (Å²) in [6.45, 7) is 1.70. The zero-order valence-corrected chi connectivity index (χ0v) is 17.0. The summed E-state index contributed by atoms with van der Waals surface area (Å²) < 4.78 is 31.8. The number of nitrogens with zero attached hydrogens (tertiary/aromatic N) is 7. The Morgan fingerprint density at radius 3 is 2.68 bits per heavy atom. The van der Waals surface area contributed by atoms with Crippen molar-refractivity contribution >= 4 is 21.9 Å². The minimum atomic E-state index is -2.93. The Balaban J connectivity index is 1.79. The molecule has 9 heteroatoms.